The third-order valence-electron chi connectivity index (χ3n) is 2.95. The molecule has 1 aliphatic rings. The average molecular weight is 259 g/mol. The molecule has 2 N–H and O–H groups in total. The number of amides is 1. The van der Waals surface area contributed by atoms with Gasteiger partial charge in [-0.3, -0.25) is 0 Å². The van der Waals surface area contributed by atoms with Gasteiger partial charge in [0, 0.05) is 13.7 Å². The lowest BCUT2D eigenvalue weighted by atomic mass is 9.70. The minimum Gasteiger partial charge on any atom is -0.479 e. The highest BCUT2D eigenvalue weighted by Gasteiger charge is 2.50. The molecule has 18 heavy (non-hydrogen) atoms. The molecule has 0 unspecified atom stereocenters. The van der Waals surface area contributed by atoms with Gasteiger partial charge >= 0.3 is 12.1 Å². The lowest BCUT2D eigenvalue weighted by molar-refractivity contribution is -0.180. The fourth-order valence-corrected chi connectivity index (χ4v) is 1.99. The third kappa shape index (κ3) is 3.60. The summed E-state index contributed by atoms with van der Waals surface area (Å²) in [6, 6.07) is 0. The summed E-state index contributed by atoms with van der Waals surface area (Å²) in [5, 5.41) is 11.6. The van der Waals surface area contributed by atoms with Crippen molar-refractivity contribution in [3.63, 3.8) is 0 Å². The molecule has 0 aromatic carbocycles. The van der Waals surface area contributed by atoms with Crippen LogP contribution in [-0.2, 0) is 14.3 Å². The van der Waals surface area contributed by atoms with Crippen molar-refractivity contribution < 1.29 is 24.2 Å². The molecule has 0 radical (unpaired) electrons. The summed E-state index contributed by atoms with van der Waals surface area (Å²) < 4.78 is 10.1. The van der Waals surface area contributed by atoms with Crippen LogP contribution in [0.15, 0.2) is 0 Å². The molecule has 1 amide bonds. The van der Waals surface area contributed by atoms with Gasteiger partial charge in [-0.15, -0.1) is 0 Å². The van der Waals surface area contributed by atoms with Crippen LogP contribution in [0.3, 0.4) is 0 Å². The first-order valence-corrected chi connectivity index (χ1v) is 5.94. The molecule has 0 heterocycles. The second-order valence-electron chi connectivity index (χ2n) is 5.66. The maximum Gasteiger partial charge on any atom is 0.407 e. The molecule has 1 saturated carbocycles. The number of carbonyl (C=O) groups is 2. The Hall–Kier alpha value is -1.30. The summed E-state index contributed by atoms with van der Waals surface area (Å²) in [4.78, 5) is 22.4. The second-order valence-corrected chi connectivity index (χ2v) is 5.66. The molecule has 1 rings (SSSR count). The summed E-state index contributed by atoms with van der Waals surface area (Å²) in [5.74, 6) is -0.827. The van der Waals surface area contributed by atoms with E-state index < -0.39 is 23.3 Å². The van der Waals surface area contributed by atoms with Crippen LogP contribution in [0.1, 0.15) is 33.6 Å². The van der Waals surface area contributed by atoms with Gasteiger partial charge < -0.3 is 19.9 Å². The maximum absolute atomic E-state index is 11.4. The predicted octanol–water partition coefficient (Wildman–Crippen LogP) is 1.39. The van der Waals surface area contributed by atoms with Crippen molar-refractivity contribution in [1.82, 2.24) is 5.32 Å². The van der Waals surface area contributed by atoms with E-state index in [-0.39, 0.29) is 5.92 Å². The van der Waals surface area contributed by atoms with Crippen LogP contribution in [-0.4, -0.2) is 42.0 Å². The van der Waals surface area contributed by atoms with Crippen LogP contribution in [0, 0.1) is 5.92 Å². The second kappa shape index (κ2) is 5.14. The number of ether oxygens (including phenoxy) is 2. The van der Waals surface area contributed by atoms with Crippen molar-refractivity contribution in [2.75, 3.05) is 13.7 Å². The van der Waals surface area contributed by atoms with E-state index in [1.165, 1.54) is 7.11 Å². The Morgan fingerprint density at radius 2 is 1.94 bits per heavy atom. The van der Waals surface area contributed by atoms with Crippen LogP contribution in [0.5, 0.6) is 0 Å². The molecular formula is C12H21NO5. The van der Waals surface area contributed by atoms with Gasteiger partial charge in [-0.1, -0.05) is 0 Å². The van der Waals surface area contributed by atoms with Crippen LogP contribution < -0.4 is 5.32 Å². The fraction of sp³-hybridized carbons (Fsp3) is 0.833. The van der Waals surface area contributed by atoms with Crippen molar-refractivity contribution in [2.45, 2.75) is 44.8 Å². The van der Waals surface area contributed by atoms with E-state index in [4.69, 9.17) is 14.6 Å². The molecule has 0 saturated heterocycles. The molecule has 0 atom stereocenters. The molecular weight excluding hydrogens is 238 g/mol. The topological polar surface area (TPSA) is 84.9 Å². The zero-order valence-electron chi connectivity index (χ0n) is 11.3. The number of carboxylic acids is 1. The minimum absolute atomic E-state index is 0.119. The van der Waals surface area contributed by atoms with Crippen LogP contribution in [0.4, 0.5) is 4.79 Å². The van der Waals surface area contributed by atoms with Crippen molar-refractivity contribution in [2.24, 2.45) is 5.92 Å². The van der Waals surface area contributed by atoms with Crippen LogP contribution >= 0.6 is 0 Å². The average Bonchev–Trinajstić information content (AvgIpc) is 2.12. The highest BCUT2D eigenvalue weighted by molar-refractivity contribution is 5.79. The van der Waals surface area contributed by atoms with Crippen molar-refractivity contribution in [3.8, 4) is 0 Å². The first kappa shape index (κ1) is 14.8. The molecule has 0 aromatic rings. The highest BCUT2D eigenvalue weighted by Crippen LogP contribution is 2.40. The Morgan fingerprint density at radius 3 is 2.33 bits per heavy atom. The largest absolute Gasteiger partial charge is 0.479 e. The number of alkyl carbamates (subject to hydrolysis) is 1. The number of carbonyl (C=O) groups excluding carboxylic acids is 1. The monoisotopic (exact) mass is 259 g/mol. The van der Waals surface area contributed by atoms with Gasteiger partial charge in [0.1, 0.15) is 5.60 Å². The van der Waals surface area contributed by atoms with Crippen molar-refractivity contribution in [1.29, 1.82) is 0 Å². The van der Waals surface area contributed by atoms with E-state index in [1.807, 2.05) is 0 Å². The summed E-state index contributed by atoms with van der Waals surface area (Å²) in [6.45, 7) is 5.77. The van der Waals surface area contributed by atoms with E-state index in [9.17, 15) is 9.59 Å². The fourth-order valence-electron chi connectivity index (χ4n) is 1.99. The van der Waals surface area contributed by atoms with Crippen LogP contribution in [0.25, 0.3) is 0 Å². The quantitative estimate of drug-likeness (QED) is 0.797. The maximum atomic E-state index is 11.4. The standard InChI is InChI=1S/C12H21NO5/c1-11(2,3)18-10(16)13-7-8-5-12(6-8,17-4)9(14)15/h8H,5-7H2,1-4H3,(H,13,16)(H,14,15). The number of hydrogen-bond acceptors (Lipinski definition) is 4. The van der Waals surface area contributed by atoms with E-state index in [0.717, 1.165) is 0 Å². The molecule has 6 heteroatoms. The van der Waals surface area contributed by atoms with Gasteiger partial charge in [-0.2, -0.15) is 0 Å². The number of aliphatic carboxylic acids is 1. The Labute approximate surface area is 107 Å². The summed E-state index contributed by atoms with van der Waals surface area (Å²) in [5.41, 5.74) is -1.60. The van der Waals surface area contributed by atoms with E-state index in [0.29, 0.717) is 19.4 Å². The molecule has 0 spiro atoms. The van der Waals surface area contributed by atoms with Gasteiger partial charge in [-0.25, -0.2) is 9.59 Å². The predicted molar refractivity (Wildman–Crippen MR) is 64.3 cm³/mol. The molecule has 1 aliphatic carbocycles. The van der Waals surface area contributed by atoms with Gasteiger partial charge in [0.05, 0.1) is 0 Å². The van der Waals surface area contributed by atoms with E-state index in [2.05, 4.69) is 5.32 Å². The molecule has 0 aromatic heterocycles. The number of hydrogen-bond donors (Lipinski definition) is 2. The third-order valence-corrected chi connectivity index (χ3v) is 2.95. The van der Waals surface area contributed by atoms with Crippen molar-refractivity contribution >= 4 is 12.1 Å². The normalized spacial score (nSPS) is 27.2. The van der Waals surface area contributed by atoms with Gasteiger partial charge in [-0.05, 0) is 39.5 Å². The lowest BCUT2D eigenvalue weighted by Gasteiger charge is -2.43. The van der Waals surface area contributed by atoms with Gasteiger partial charge in [0.25, 0.3) is 0 Å². The van der Waals surface area contributed by atoms with E-state index in [1.54, 1.807) is 20.8 Å². The number of carboxylic acid groups (broad SMARTS) is 1. The molecule has 1 fully saturated rings. The molecule has 0 aliphatic heterocycles. The Morgan fingerprint density at radius 1 is 1.39 bits per heavy atom. The molecule has 104 valence electrons. The molecule has 0 bridgehead atoms. The minimum atomic E-state index is -1.07. The SMILES string of the molecule is COC1(C(=O)O)CC(CNC(=O)OC(C)(C)C)C1. The smallest absolute Gasteiger partial charge is 0.407 e. The van der Waals surface area contributed by atoms with Crippen LogP contribution in [0.2, 0.25) is 0 Å². The first-order valence-electron chi connectivity index (χ1n) is 5.94. The summed E-state index contributed by atoms with van der Waals surface area (Å²) in [7, 11) is 1.39. The zero-order chi connectivity index (χ0) is 14.0. The van der Waals surface area contributed by atoms with Crippen molar-refractivity contribution in [3.05, 3.63) is 0 Å². The Bertz CT molecular complexity index is 328. The zero-order valence-corrected chi connectivity index (χ0v) is 11.3. The summed E-state index contributed by atoms with van der Waals surface area (Å²) in [6.07, 6.45) is 0.344. The first-order chi connectivity index (χ1) is 8.18. The summed E-state index contributed by atoms with van der Waals surface area (Å²) >= 11 is 0. The lowest BCUT2D eigenvalue weighted by Crippen LogP contribution is -2.54. The number of methoxy groups -OCH3 is 1. The van der Waals surface area contributed by atoms with Gasteiger partial charge in [0.2, 0.25) is 0 Å². The Kier molecular flexibility index (Phi) is 4.21. The van der Waals surface area contributed by atoms with E-state index >= 15 is 0 Å². The number of nitrogens with one attached hydrogen (secondary N) is 1. The van der Waals surface area contributed by atoms with Gasteiger partial charge in [0.15, 0.2) is 5.60 Å². The Balaban J connectivity index is 2.29. The number of rotatable bonds is 4. The highest BCUT2D eigenvalue weighted by atomic mass is 16.6. The molecule has 6 nitrogen and oxygen atoms in total.